The number of hydrogen-bond acceptors (Lipinski definition) is 26. The quantitative estimate of drug-likeness (QED) is 0.0472. The molecule has 13 N–H and O–H groups in total. The van der Waals surface area contributed by atoms with Gasteiger partial charge in [-0.05, 0) is 0 Å². The van der Waals surface area contributed by atoms with E-state index in [1.807, 2.05) is 0 Å². The van der Waals surface area contributed by atoms with Crippen LogP contribution in [-0.4, -0.2) is 169 Å². The molecule has 0 saturated carbocycles. The Hall–Kier alpha value is -5.05. The number of imidazole rings is 3. The van der Waals surface area contributed by atoms with Gasteiger partial charge < -0.3 is 66.7 Å². The maximum atomic E-state index is 13.6. The average molecular weight is 926 g/mol. The Morgan fingerprint density at radius 1 is 0.540 bits per heavy atom. The molecule has 3 aliphatic heterocycles. The predicted molar refractivity (Wildman–Crippen MR) is 203 cm³/mol. The number of nitrogen functional groups attached to an aromatic ring is 3. The third-order valence-electron chi connectivity index (χ3n) is 10.4. The van der Waals surface area contributed by atoms with Crippen molar-refractivity contribution >= 4 is 66.6 Å². The Morgan fingerprint density at radius 3 is 1.33 bits per heavy atom. The number of ether oxygens (including phenoxy) is 3. The third kappa shape index (κ3) is 7.86. The first-order valence-electron chi connectivity index (χ1n) is 18.5. The first-order valence-corrected chi connectivity index (χ1v) is 21.4. The van der Waals surface area contributed by atoms with Crippen LogP contribution in [-0.2, 0) is 41.4 Å². The average Bonchev–Trinajstić information content (AvgIpc) is 4.11. The highest BCUT2D eigenvalue weighted by molar-refractivity contribution is 7.47. The molecular weight excluding hydrogens is 888 g/mol. The van der Waals surface area contributed by atoms with Crippen LogP contribution < -0.4 is 17.2 Å². The Bertz CT molecular complexity index is 2750. The van der Waals surface area contributed by atoms with Gasteiger partial charge in [-0.1, -0.05) is 0 Å². The highest BCUT2D eigenvalue weighted by atomic mass is 31.2. The van der Waals surface area contributed by atoms with E-state index in [9.17, 15) is 44.4 Å². The third-order valence-corrected chi connectivity index (χ3v) is 12.4. The molecule has 0 bridgehead atoms. The lowest BCUT2D eigenvalue weighted by Gasteiger charge is -2.25. The summed E-state index contributed by atoms with van der Waals surface area (Å²) in [5.41, 5.74) is 18.4. The van der Waals surface area contributed by atoms with Crippen LogP contribution in [0.5, 0.6) is 0 Å². The van der Waals surface area contributed by atoms with Gasteiger partial charge in [-0.2, -0.15) is 0 Å². The normalized spacial score (nSPS) is 31.9. The SMILES string of the molecule is Nc1ncnc2c1ncn2[C@@H]1O[C@H](COP(=O)(O)O[C@@H]2[C@H](O)[C@@H](COP(=O)(O)O[C@@H]3[C@H](O)[C@@H](CO)O[C@H]3n3cnc4c(N)ncnc43)O[C@H]2n2cnc3c(N)ncnc32)[C@@H](O)[C@H]1O. The molecule has 0 amide bonds. The number of anilines is 3. The first-order chi connectivity index (χ1) is 30.1. The molecule has 31 nitrogen and oxygen atoms in total. The minimum Gasteiger partial charge on any atom is -0.394 e. The van der Waals surface area contributed by atoms with Gasteiger partial charge in [-0.25, -0.2) is 54.0 Å². The summed E-state index contributed by atoms with van der Waals surface area (Å²) >= 11 is 0. The second-order valence-electron chi connectivity index (χ2n) is 14.3. The zero-order chi connectivity index (χ0) is 44.5. The fourth-order valence-electron chi connectivity index (χ4n) is 7.37. The second kappa shape index (κ2) is 16.5. The molecule has 338 valence electrons. The van der Waals surface area contributed by atoms with Gasteiger partial charge >= 0.3 is 15.6 Å². The lowest BCUT2D eigenvalue weighted by atomic mass is 10.1. The van der Waals surface area contributed by atoms with Crippen molar-refractivity contribution in [2.45, 2.75) is 73.6 Å². The second-order valence-corrected chi connectivity index (χ2v) is 17.1. The summed E-state index contributed by atoms with van der Waals surface area (Å²) in [7, 11) is -10.6. The van der Waals surface area contributed by atoms with E-state index in [1.165, 1.54) is 26.4 Å². The van der Waals surface area contributed by atoms with Crippen molar-refractivity contribution in [3.8, 4) is 0 Å². The summed E-state index contributed by atoms with van der Waals surface area (Å²) in [4.78, 5) is 58.2. The number of hydrogen-bond donors (Lipinski definition) is 10. The van der Waals surface area contributed by atoms with E-state index < -0.39 is 109 Å². The van der Waals surface area contributed by atoms with Crippen molar-refractivity contribution in [3.05, 3.63) is 38.0 Å². The van der Waals surface area contributed by atoms with Gasteiger partial charge in [0.1, 0.15) is 90.5 Å². The van der Waals surface area contributed by atoms with Crippen LogP contribution in [0.4, 0.5) is 17.5 Å². The first kappa shape index (κ1) is 43.2. The van der Waals surface area contributed by atoms with Crippen LogP contribution in [0.15, 0.2) is 38.0 Å². The highest BCUT2D eigenvalue weighted by Gasteiger charge is 2.53. The minimum absolute atomic E-state index is 0.00187. The maximum absolute atomic E-state index is 13.6. The number of phosphoric acid groups is 2. The van der Waals surface area contributed by atoms with Crippen molar-refractivity contribution in [2.75, 3.05) is 37.0 Å². The molecule has 0 spiro atoms. The summed E-state index contributed by atoms with van der Waals surface area (Å²) in [6.45, 7) is -2.53. The predicted octanol–water partition coefficient (Wildman–Crippen LogP) is -3.61. The molecule has 3 fully saturated rings. The van der Waals surface area contributed by atoms with Crippen LogP contribution in [0.2, 0.25) is 0 Å². The van der Waals surface area contributed by atoms with E-state index in [2.05, 4.69) is 44.9 Å². The summed E-state index contributed by atoms with van der Waals surface area (Å²) in [5, 5.41) is 54.0. The molecule has 3 saturated heterocycles. The number of fused-ring (bicyclic) bond motifs is 3. The van der Waals surface area contributed by atoms with Crippen molar-refractivity contribution in [3.63, 3.8) is 0 Å². The van der Waals surface area contributed by atoms with E-state index in [4.69, 9.17) is 49.5 Å². The molecule has 3 aliphatic rings. The molecule has 0 aliphatic carbocycles. The standard InChI is InChI=1S/C30H37N15O16P2/c31-22-13-25(37-4-34-22)43(7-40-13)28-19(50)16(47)11(58-28)2-55-62(51,52)61-21-18(49)12(59-30(21)45-9-42-15-24(33)36-6-39-27(15)45)3-56-63(53,54)60-20-17(48)10(1-46)57-29(20)44-8-41-14-23(32)35-5-38-26(14)44/h4-12,16-21,28-30,46-50H,1-3H2,(H,51,52)(H,53,54)(H2,31,34,37)(H2,32,35,38)(H2,33,36,39)/t10-,11-,12-,16-,17-,18-,19-,20-,21-,28-,29-,30-/m1/s1. The van der Waals surface area contributed by atoms with Gasteiger partial charge in [-0.3, -0.25) is 31.8 Å². The lowest BCUT2D eigenvalue weighted by molar-refractivity contribution is -0.0645. The molecule has 14 atom stereocenters. The van der Waals surface area contributed by atoms with Crippen molar-refractivity contribution in [2.24, 2.45) is 0 Å². The fraction of sp³-hybridized carbons (Fsp3) is 0.500. The van der Waals surface area contributed by atoms with Crippen LogP contribution in [0, 0.1) is 0 Å². The zero-order valence-corrected chi connectivity index (χ0v) is 33.6. The topological polar surface area (TPSA) is 449 Å². The van der Waals surface area contributed by atoms with E-state index >= 15 is 0 Å². The number of aliphatic hydroxyl groups excluding tert-OH is 5. The van der Waals surface area contributed by atoms with Crippen LogP contribution in [0.1, 0.15) is 18.7 Å². The number of nitrogens with zero attached hydrogens (tertiary/aromatic N) is 12. The van der Waals surface area contributed by atoms with Gasteiger partial charge in [0, 0.05) is 0 Å². The van der Waals surface area contributed by atoms with E-state index in [0.29, 0.717) is 0 Å². The Labute approximate surface area is 350 Å². The molecule has 9 rings (SSSR count). The number of nitrogens with two attached hydrogens (primary N) is 3. The molecule has 63 heavy (non-hydrogen) atoms. The molecule has 6 aromatic heterocycles. The van der Waals surface area contributed by atoms with Crippen molar-refractivity contribution in [1.29, 1.82) is 0 Å². The monoisotopic (exact) mass is 925 g/mol. The number of rotatable bonds is 14. The molecule has 0 aromatic carbocycles. The fourth-order valence-corrected chi connectivity index (χ4v) is 9.23. The maximum Gasteiger partial charge on any atom is 0.472 e. The van der Waals surface area contributed by atoms with Gasteiger partial charge in [0.05, 0.1) is 38.8 Å². The Kier molecular flexibility index (Phi) is 11.3. The molecule has 9 heterocycles. The Balaban J connectivity index is 0.913. The largest absolute Gasteiger partial charge is 0.472 e. The Morgan fingerprint density at radius 2 is 0.905 bits per heavy atom. The van der Waals surface area contributed by atoms with Crippen LogP contribution in [0.25, 0.3) is 33.5 Å². The zero-order valence-electron chi connectivity index (χ0n) is 31.8. The van der Waals surface area contributed by atoms with Crippen LogP contribution in [0.3, 0.4) is 0 Å². The molecule has 6 aromatic rings. The smallest absolute Gasteiger partial charge is 0.394 e. The van der Waals surface area contributed by atoms with Gasteiger partial charge in [0.25, 0.3) is 0 Å². The summed E-state index contributed by atoms with van der Waals surface area (Å²) < 4.78 is 69.5. The molecule has 0 radical (unpaired) electrons. The molecule has 2 unspecified atom stereocenters. The highest BCUT2D eigenvalue weighted by Crippen LogP contribution is 2.53. The lowest BCUT2D eigenvalue weighted by Crippen LogP contribution is -2.37. The van der Waals surface area contributed by atoms with Crippen molar-refractivity contribution in [1.82, 2.24) is 58.6 Å². The van der Waals surface area contributed by atoms with Crippen molar-refractivity contribution < 1.29 is 76.8 Å². The number of phosphoric ester groups is 2. The van der Waals surface area contributed by atoms with E-state index in [0.717, 1.165) is 25.3 Å². The van der Waals surface area contributed by atoms with E-state index in [1.54, 1.807) is 0 Å². The van der Waals surface area contributed by atoms with Gasteiger partial charge in [0.15, 0.2) is 53.1 Å². The molecular formula is C30H37N15O16P2. The minimum atomic E-state index is -5.29. The number of aromatic nitrogens is 12. The van der Waals surface area contributed by atoms with Crippen LogP contribution >= 0.6 is 15.6 Å². The van der Waals surface area contributed by atoms with Gasteiger partial charge in [-0.15, -0.1) is 0 Å². The number of aliphatic hydroxyl groups is 5. The summed E-state index contributed by atoms with van der Waals surface area (Å²) in [6.07, 6.45) is -12.2. The summed E-state index contributed by atoms with van der Waals surface area (Å²) in [6, 6.07) is 0. The summed E-state index contributed by atoms with van der Waals surface area (Å²) in [5.74, 6) is -0.0122. The van der Waals surface area contributed by atoms with E-state index in [-0.39, 0.29) is 50.9 Å². The molecule has 33 heteroatoms. The van der Waals surface area contributed by atoms with Gasteiger partial charge in [0.2, 0.25) is 0 Å².